The molecule has 4 aromatic carbocycles. The van der Waals surface area contributed by atoms with Crippen LogP contribution in [0.25, 0.3) is 11.0 Å². The molecule has 0 unspecified atom stereocenters. The van der Waals surface area contributed by atoms with E-state index in [9.17, 15) is 9.90 Å². The van der Waals surface area contributed by atoms with Crippen molar-refractivity contribution < 1.29 is 9.90 Å². The van der Waals surface area contributed by atoms with Gasteiger partial charge in [0.05, 0.1) is 22.9 Å². The summed E-state index contributed by atoms with van der Waals surface area (Å²) in [7, 11) is 0. The molecule has 0 saturated carbocycles. The molecule has 0 aliphatic heterocycles. The van der Waals surface area contributed by atoms with E-state index in [-0.39, 0.29) is 5.56 Å². The smallest absolute Gasteiger partial charge is 0.335 e. The summed E-state index contributed by atoms with van der Waals surface area (Å²) in [4.78, 5) is 16.3. The molecule has 150 valence electrons. The van der Waals surface area contributed by atoms with Crippen molar-refractivity contribution in [3.05, 3.63) is 138 Å². The molecule has 0 amide bonds. The largest absolute Gasteiger partial charge is 0.478 e. The van der Waals surface area contributed by atoms with E-state index in [1.54, 1.807) is 18.2 Å². The maximum atomic E-state index is 11.7. The van der Waals surface area contributed by atoms with E-state index in [0.29, 0.717) is 0 Å². The van der Waals surface area contributed by atoms with Crippen molar-refractivity contribution in [3.8, 4) is 0 Å². The van der Waals surface area contributed by atoms with Gasteiger partial charge in [0.15, 0.2) is 0 Å². The predicted octanol–water partition coefficient (Wildman–Crippen LogP) is 5.57. The monoisotopic (exact) mass is 404 g/mol. The highest BCUT2D eigenvalue weighted by molar-refractivity contribution is 5.92. The summed E-state index contributed by atoms with van der Waals surface area (Å²) in [5.41, 5.74) is 4.20. The summed E-state index contributed by atoms with van der Waals surface area (Å²) in [6.07, 6.45) is 1.81. The van der Waals surface area contributed by atoms with Crippen LogP contribution in [0.5, 0.6) is 0 Å². The molecule has 0 aliphatic carbocycles. The van der Waals surface area contributed by atoms with Crippen LogP contribution >= 0.6 is 0 Å². The number of aromatic carboxylic acids is 1. The van der Waals surface area contributed by atoms with Crippen LogP contribution in [0, 0.1) is 0 Å². The average Bonchev–Trinajstić information content (AvgIpc) is 3.25. The molecule has 5 aromatic rings. The zero-order valence-electron chi connectivity index (χ0n) is 16.7. The fourth-order valence-electron chi connectivity index (χ4n) is 4.36. The van der Waals surface area contributed by atoms with Crippen LogP contribution in [0.4, 0.5) is 0 Å². The lowest BCUT2D eigenvalue weighted by Gasteiger charge is -2.38. The Hall–Kier alpha value is -4.18. The maximum Gasteiger partial charge on any atom is 0.335 e. The normalized spacial score (nSPS) is 11.5. The van der Waals surface area contributed by atoms with Gasteiger partial charge in [-0.05, 0) is 34.9 Å². The molecule has 0 fully saturated rings. The fourth-order valence-corrected chi connectivity index (χ4v) is 4.36. The Morgan fingerprint density at radius 1 is 0.710 bits per heavy atom. The molecule has 0 aliphatic rings. The van der Waals surface area contributed by atoms with Crippen molar-refractivity contribution in [1.29, 1.82) is 0 Å². The average molecular weight is 404 g/mol. The van der Waals surface area contributed by atoms with E-state index >= 15 is 0 Å². The molecule has 5 rings (SSSR count). The minimum absolute atomic E-state index is 0.234. The second-order valence-electron chi connectivity index (χ2n) is 7.43. The number of benzene rings is 4. The highest BCUT2D eigenvalue weighted by atomic mass is 16.4. The molecule has 0 radical (unpaired) electrons. The Labute approximate surface area is 180 Å². The Kier molecular flexibility index (Phi) is 4.60. The predicted molar refractivity (Wildman–Crippen MR) is 121 cm³/mol. The number of hydrogen-bond donors (Lipinski definition) is 1. The number of carbonyl (C=O) groups is 1. The maximum absolute atomic E-state index is 11.7. The van der Waals surface area contributed by atoms with Gasteiger partial charge in [-0.3, -0.25) is 0 Å². The minimum Gasteiger partial charge on any atom is -0.478 e. The number of rotatable bonds is 5. The van der Waals surface area contributed by atoms with Gasteiger partial charge in [0.2, 0.25) is 0 Å². The van der Waals surface area contributed by atoms with Crippen LogP contribution in [-0.4, -0.2) is 20.6 Å². The molecule has 4 nitrogen and oxygen atoms in total. The second-order valence-corrected chi connectivity index (χ2v) is 7.43. The third kappa shape index (κ3) is 3.01. The second kappa shape index (κ2) is 7.58. The van der Waals surface area contributed by atoms with Gasteiger partial charge in [-0.1, -0.05) is 91.0 Å². The summed E-state index contributed by atoms with van der Waals surface area (Å²) in [5, 5.41) is 9.60. The lowest BCUT2D eigenvalue weighted by molar-refractivity contribution is 0.0697. The Balaban J connectivity index is 1.95. The van der Waals surface area contributed by atoms with Crippen LogP contribution in [0.2, 0.25) is 0 Å². The number of carboxylic acids is 1. The zero-order valence-corrected chi connectivity index (χ0v) is 16.7. The van der Waals surface area contributed by atoms with Crippen LogP contribution in [0.3, 0.4) is 0 Å². The summed E-state index contributed by atoms with van der Waals surface area (Å²) < 4.78 is 2.09. The van der Waals surface area contributed by atoms with Gasteiger partial charge in [-0.2, -0.15) is 0 Å². The van der Waals surface area contributed by atoms with E-state index in [1.165, 1.54) is 0 Å². The first-order valence-corrected chi connectivity index (χ1v) is 10.1. The van der Waals surface area contributed by atoms with E-state index in [4.69, 9.17) is 0 Å². The number of carboxylic acid groups (broad SMARTS) is 1. The first kappa shape index (κ1) is 18.8. The molecular formula is C27H20N2O2. The summed E-state index contributed by atoms with van der Waals surface area (Å²) >= 11 is 0. The van der Waals surface area contributed by atoms with E-state index < -0.39 is 11.5 Å². The van der Waals surface area contributed by atoms with E-state index in [2.05, 4.69) is 45.9 Å². The first-order valence-electron chi connectivity index (χ1n) is 10.1. The van der Waals surface area contributed by atoms with Crippen molar-refractivity contribution in [1.82, 2.24) is 9.55 Å². The van der Waals surface area contributed by atoms with Crippen LogP contribution in [0.1, 0.15) is 27.0 Å². The molecule has 0 saturated heterocycles. The lowest BCUT2D eigenvalue weighted by atomic mass is 9.76. The highest BCUT2D eigenvalue weighted by Gasteiger charge is 2.39. The molecule has 0 bridgehead atoms. The standard InChI is InChI=1S/C27H20N2O2/c30-26(31)20-16-17-24-25(18-20)29(19-28-24)27(21-10-4-1-5-11-21,22-12-6-2-7-13-22)23-14-8-3-9-15-23/h1-19H,(H,30,31). The molecule has 31 heavy (non-hydrogen) atoms. The Bertz CT molecular complexity index is 1250. The molecular weight excluding hydrogens is 384 g/mol. The summed E-state index contributed by atoms with van der Waals surface area (Å²) in [5.74, 6) is -0.959. The van der Waals surface area contributed by atoms with Crippen molar-refractivity contribution >= 4 is 17.0 Å². The fraction of sp³-hybridized carbons (Fsp3) is 0.0370. The van der Waals surface area contributed by atoms with Gasteiger partial charge >= 0.3 is 5.97 Å². The van der Waals surface area contributed by atoms with Gasteiger partial charge in [0.1, 0.15) is 5.54 Å². The number of nitrogens with zero attached hydrogens (tertiary/aromatic N) is 2. The quantitative estimate of drug-likeness (QED) is 0.389. The van der Waals surface area contributed by atoms with Crippen LogP contribution in [0.15, 0.2) is 116 Å². The highest BCUT2D eigenvalue weighted by Crippen LogP contribution is 2.42. The molecule has 4 heteroatoms. The molecule has 1 heterocycles. The first-order chi connectivity index (χ1) is 15.2. The molecule has 1 aromatic heterocycles. The Morgan fingerprint density at radius 3 is 1.65 bits per heavy atom. The molecule has 1 N–H and O–H groups in total. The number of imidazole rings is 1. The summed E-state index contributed by atoms with van der Waals surface area (Å²) in [6.45, 7) is 0. The van der Waals surface area contributed by atoms with Crippen LogP contribution < -0.4 is 0 Å². The summed E-state index contributed by atoms with van der Waals surface area (Å²) in [6, 6.07) is 35.8. The minimum atomic E-state index is -0.959. The van der Waals surface area contributed by atoms with Crippen LogP contribution in [-0.2, 0) is 5.54 Å². The lowest BCUT2D eigenvalue weighted by Crippen LogP contribution is -2.37. The number of aromatic nitrogens is 2. The van der Waals surface area contributed by atoms with Gasteiger partial charge < -0.3 is 9.67 Å². The van der Waals surface area contributed by atoms with Crippen molar-refractivity contribution in [3.63, 3.8) is 0 Å². The van der Waals surface area contributed by atoms with Gasteiger partial charge in [-0.15, -0.1) is 0 Å². The van der Waals surface area contributed by atoms with Crippen molar-refractivity contribution in [2.45, 2.75) is 5.54 Å². The SMILES string of the molecule is O=C(O)c1ccc2ncn(C(c3ccccc3)(c3ccccc3)c3ccccc3)c2c1. The van der Waals surface area contributed by atoms with Gasteiger partial charge in [0.25, 0.3) is 0 Å². The molecule has 0 spiro atoms. The van der Waals surface area contributed by atoms with Crippen molar-refractivity contribution in [2.75, 3.05) is 0 Å². The van der Waals surface area contributed by atoms with Gasteiger partial charge in [0, 0.05) is 0 Å². The number of hydrogen-bond acceptors (Lipinski definition) is 2. The topological polar surface area (TPSA) is 55.1 Å². The van der Waals surface area contributed by atoms with Gasteiger partial charge in [-0.25, -0.2) is 9.78 Å². The number of fused-ring (bicyclic) bond motifs is 1. The van der Waals surface area contributed by atoms with E-state index in [0.717, 1.165) is 27.7 Å². The zero-order chi connectivity index (χ0) is 21.3. The molecule has 0 atom stereocenters. The van der Waals surface area contributed by atoms with Crippen molar-refractivity contribution in [2.24, 2.45) is 0 Å². The third-order valence-corrected chi connectivity index (χ3v) is 5.73. The Morgan fingerprint density at radius 2 is 1.19 bits per heavy atom. The van der Waals surface area contributed by atoms with E-state index in [1.807, 2.05) is 60.9 Å². The third-order valence-electron chi connectivity index (χ3n) is 5.73.